The molecule has 9 nitrogen and oxygen atoms in total. The number of anilines is 2. The Morgan fingerprint density at radius 1 is 1.09 bits per heavy atom. The summed E-state index contributed by atoms with van der Waals surface area (Å²) in [4.78, 5) is 8.68. The highest BCUT2D eigenvalue weighted by Crippen LogP contribution is 2.38. The summed E-state index contributed by atoms with van der Waals surface area (Å²) in [6, 6.07) is 1.02. The van der Waals surface area contributed by atoms with Gasteiger partial charge in [-0.25, -0.2) is 14.3 Å². The second-order valence-corrected chi connectivity index (χ2v) is 11.3. The standard InChI is InChI=1S/C25H33N5O4S/c1-16(2)24-26-14-20(15-27-24)30(19-9-11-34-12-10-19)35(32,33)29-25(31)28-23-21-7-3-5-17(21)13-18-6-4-8-22(18)23/h13-16,19H,3-12H2,1-2H3,(H2,28,29,31)/p-1. The molecule has 0 bridgehead atoms. The van der Waals surface area contributed by atoms with Gasteiger partial charge in [-0.3, -0.25) is 0 Å². The van der Waals surface area contributed by atoms with Crippen LogP contribution in [-0.2, 0) is 40.6 Å². The number of ether oxygens (including phenoxy) is 1. The van der Waals surface area contributed by atoms with Gasteiger partial charge in [-0.05, 0) is 73.6 Å². The van der Waals surface area contributed by atoms with Crippen LogP contribution in [0.5, 0.6) is 0 Å². The Bertz CT molecular complexity index is 1190. The van der Waals surface area contributed by atoms with Crippen LogP contribution in [0.25, 0.3) is 0 Å². The predicted octanol–water partition coefficient (Wildman–Crippen LogP) is 2.64. The number of hydrogen-bond donors (Lipinski definition) is 1. The molecule has 2 aliphatic carbocycles. The summed E-state index contributed by atoms with van der Waals surface area (Å²) in [6.45, 7) is 4.82. The molecule has 1 aromatic heterocycles. The van der Waals surface area contributed by atoms with E-state index in [1.165, 1.54) is 27.8 Å². The van der Waals surface area contributed by atoms with E-state index in [0.29, 0.717) is 37.6 Å². The number of hydrogen-bond acceptors (Lipinski definition) is 6. The van der Waals surface area contributed by atoms with Crippen LogP contribution in [0, 0.1) is 0 Å². The molecule has 0 amide bonds. The SMILES string of the molecule is CC(C)c1ncc(N(C2CCOCC2)S(=O)(=O)/N=C(\[O-])Nc2c3c(cc4c2CCC4)CCC3)cn1. The molecule has 10 heteroatoms. The zero-order chi connectivity index (χ0) is 24.6. The van der Waals surface area contributed by atoms with Gasteiger partial charge < -0.3 is 15.2 Å². The Morgan fingerprint density at radius 3 is 2.26 bits per heavy atom. The summed E-state index contributed by atoms with van der Waals surface area (Å²) < 4.78 is 37.4. The Hall–Kier alpha value is -2.72. The van der Waals surface area contributed by atoms with Crippen LogP contribution in [-0.4, -0.2) is 43.7 Å². The molecule has 2 heterocycles. The van der Waals surface area contributed by atoms with E-state index in [9.17, 15) is 13.5 Å². The fourth-order valence-corrected chi connectivity index (χ4v) is 6.73. The maximum absolute atomic E-state index is 13.5. The van der Waals surface area contributed by atoms with Crippen molar-refractivity contribution in [1.82, 2.24) is 9.97 Å². The first-order valence-electron chi connectivity index (χ1n) is 12.5. The van der Waals surface area contributed by atoms with Gasteiger partial charge in [-0.15, -0.1) is 4.40 Å². The van der Waals surface area contributed by atoms with Crippen LogP contribution in [0.3, 0.4) is 0 Å². The molecule has 5 rings (SSSR count). The van der Waals surface area contributed by atoms with Gasteiger partial charge in [0.1, 0.15) is 5.82 Å². The Kier molecular flexibility index (Phi) is 6.67. The number of nitrogens with zero attached hydrogens (tertiary/aromatic N) is 4. The normalized spacial score (nSPS) is 18.5. The average Bonchev–Trinajstić information content (AvgIpc) is 3.49. The molecule has 3 aliphatic rings. The van der Waals surface area contributed by atoms with Gasteiger partial charge >= 0.3 is 10.2 Å². The van der Waals surface area contributed by atoms with Crippen molar-refractivity contribution in [3.63, 3.8) is 0 Å². The largest absolute Gasteiger partial charge is 0.845 e. The summed E-state index contributed by atoms with van der Waals surface area (Å²) in [7, 11) is -4.34. The van der Waals surface area contributed by atoms with E-state index in [2.05, 4.69) is 25.7 Å². The molecule has 0 unspecified atom stereocenters. The van der Waals surface area contributed by atoms with E-state index in [0.717, 1.165) is 55.3 Å². The lowest BCUT2D eigenvalue weighted by atomic mass is 9.99. The Morgan fingerprint density at radius 2 is 1.69 bits per heavy atom. The number of rotatable bonds is 6. The van der Waals surface area contributed by atoms with Gasteiger partial charge in [0.2, 0.25) is 0 Å². The van der Waals surface area contributed by atoms with E-state index >= 15 is 0 Å². The third-order valence-electron chi connectivity index (χ3n) is 7.10. The smallest absolute Gasteiger partial charge is 0.345 e. The molecule has 2 aromatic rings. The third-order valence-corrected chi connectivity index (χ3v) is 8.51. The summed E-state index contributed by atoms with van der Waals surface area (Å²) in [5.41, 5.74) is 5.86. The van der Waals surface area contributed by atoms with Crippen molar-refractivity contribution in [2.75, 3.05) is 22.8 Å². The topological polar surface area (TPSA) is 120 Å². The van der Waals surface area contributed by atoms with Crippen LogP contribution in [0.1, 0.15) is 73.5 Å². The molecular formula is C25H32N5O4S-. The maximum Gasteiger partial charge on any atom is 0.345 e. The second-order valence-electron chi connectivity index (χ2n) is 9.83. The van der Waals surface area contributed by atoms with Crippen LogP contribution >= 0.6 is 0 Å². The third kappa shape index (κ3) is 4.86. The minimum absolute atomic E-state index is 0.113. The minimum atomic E-state index is -4.34. The Balaban J connectivity index is 1.48. The monoisotopic (exact) mass is 498 g/mol. The molecule has 0 saturated carbocycles. The number of benzene rings is 1. The van der Waals surface area contributed by atoms with Crippen LogP contribution in [0.4, 0.5) is 11.4 Å². The van der Waals surface area contributed by atoms with E-state index in [1.807, 2.05) is 13.8 Å². The number of nitrogens with one attached hydrogen (secondary N) is 1. The van der Waals surface area contributed by atoms with Crippen molar-refractivity contribution in [2.24, 2.45) is 4.40 Å². The predicted molar refractivity (Wildman–Crippen MR) is 133 cm³/mol. The number of fused-ring (bicyclic) bond motifs is 2. The first-order chi connectivity index (χ1) is 16.8. The summed E-state index contributed by atoms with van der Waals surface area (Å²) >= 11 is 0. The van der Waals surface area contributed by atoms with Crippen molar-refractivity contribution >= 4 is 27.6 Å². The fourth-order valence-electron chi connectivity index (χ4n) is 5.44. The average molecular weight is 499 g/mol. The number of amidine groups is 1. The molecule has 0 spiro atoms. The van der Waals surface area contributed by atoms with Crippen LogP contribution in [0.2, 0.25) is 0 Å². The molecule has 1 aromatic carbocycles. The molecule has 188 valence electrons. The van der Waals surface area contributed by atoms with Crippen molar-refractivity contribution in [3.05, 3.63) is 46.5 Å². The molecule has 1 fully saturated rings. The summed E-state index contributed by atoms with van der Waals surface area (Å²) in [6.07, 6.45) is 9.84. The first-order valence-corrected chi connectivity index (χ1v) is 13.9. The van der Waals surface area contributed by atoms with Gasteiger partial charge in [0.25, 0.3) is 0 Å². The van der Waals surface area contributed by atoms with Crippen LogP contribution < -0.4 is 14.7 Å². The zero-order valence-corrected chi connectivity index (χ0v) is 21.1. The van der Waals surface area contributed by atoms with E-state index in [1.54, 1.807) is 0 Å². The molecular weight excluding hydrogens is 466 g/mol. The first kappa shape index (κ1) is 24.0. The quantitative estimate of drug-likeness (QED) is 0.480. The van der Waals surface area contributed by atoms with Crippen molar-refractivity contribution in [1.29, 1.82) is 0 Å². The highest BCUT2D eigenvalue weighted by molar-refractivity contribution is 7.91. The van der Waals surface area contributed by atoms with Gasteiger partial charge in [0.05, 0.1) is 30.1 Å². The Labute approximate surface area is 206 Å². The minimum Gasteiger partial charge on any atom is -0.845 e. The molecule has 35 heavy (non-hydrogen) atoms. The lowest BCUT2D eigenvalue weighted by Gasteiger charge is -2.33. The number of aromatic nitrogens is 2. The molecule has 0 atom stereocenters. The molecule has 1 N–H and O–H groups in total. The van der Waals surface area contributed by atoms with Gasteiger partial charge in [-0.2, -0.15) is 8.42 Å². The highest BCUT2D eigenvalue weighted by atomic mass is 32.2. The lowest BCUT2D eigenvalue weighted by molar-refractivity contribution is -0.213. The molecule has 1 aliphatic heterocycles. The fraction of sp³-hybridized carbons (Fsp3) is 0.560. The van der Waals surface area contributed by atoms with E-state index in [-0.39, 0.29) is 12.0 Å². The van der Waals surface area contributed by atoms with Crippen LogP contribution in [0.15, 0.2) is 22.9 Å². The maximum atomic E-state index is 13.5. The van der Waals surface area contributed by atoms with Gasteiger partial charge in [0, 0.05) is 24.8 Å². The van der Waals surface area contributed by atoms with Crippen molar-refractivity contribution < 1.29 is 18.3 Å². The second kappa shape index (κ2) is 9.73. The van der Waals surface area contributed by atoms with Gasteiger partial charge in [0.15, 0.2) is 0 Å². The van der Waals surface area contributed by atoms with Crippen molar-refractivity contribution in [2.45, 2.75) is 77.2 Å². The summed E-state index contributed by atoms with van der Waals surface area (Å²) in [5, 5.41) is 15.9. The van der Waals surface area contributed by atoms with Crippen molar-refractivity contribution in [3.8, 4) is 0 Å². The zero-order valence-electron chi connectivity index (χ0n) is 20.3. The highest BCUT2D eigenvalue weighted by Gasteiger charge is 2.32. The van der Waals surface area contributed by atoms with E-state index in [4.69, 9.17) is 4.74 Å². The lowest BCUT2D eigenvalue weighted by Crippen LogP contribution is -2.44. The van der Waals surface area contributed by atoms with E-state index < -0.39 is 16.2 Å². The number of aryl methyl sites for hydroxylation is 2. The molecule has 0 radical (unpaired) electrons. The molecule has 1 saturated heterocycles. The summed E-state index contributed by atoms with van der Waals surface area (Å²) in [5.74, 6) is 0.738. The van der Waals surface area contributed by atoms with Gasteiger partial charge in [-0.1, -0.05) is 19.9 Å².